The van der Waals surface area contributed by atoms with E-state index in [1.54, 1.807) is 19.2 Å². The molecule has 0 saturated carbocycles. The highest BCUT2D eigenvalue weighted by Crippen LogP contribution is 2.23. The minimum absolute atomic E-state index is 0.284. The Morgan fingerprint density at radius 1 is 1.21 bits per heavy atom. The number of benzene rings is 1. The molecule has 0 radical (unpaired) electrons. The van der Waals surface area contributed by atoms with Gasteiger partial charge in [0.25, 0.3) is 0 Å². The molecule has 0 amide bonds. The van der Waals surface area contributed by atoms with Gasteiger partial charge in [0.05, 0.1) is 4.90 Å². The molecule has 0 bridgehead atoms. The SMILES string of the molecule is CCCCCN(C)S(=O)(=O)c1cc(C)c(C)c(N)c1. The second kappa shape index (κ2) is 6.39. The van der Waals surface area contributed by atoms with Crippen molar-refractivity contribution in [2.75, 3.05) is 19.3 Å². The van der Waals surface area contributed by atoms with Gasteiger partial charge in [-0.3, -0.25) is 0 Å². The number of rotatable bonds is 6. The number of nitrogens with zero attached hydrogens (tertiary/aromatic N) is 1. The van der Waals surface area contributed by atoms with Crippen LogP contribution in [-0.4, -0.2) is 26.3 Å². The summed E-state index contributed by atoms with van der Waals surface area (Å²) >= 11 is 0. The number of sulfonamides is 1. The lowest BCUT2D eigenvalue weighted by Gasteiger charge is -2.18. The highest BCUT2D eigenvalue weighted by molar-refractivity contribution is 7.89. The third-order valence-corrected chi connectivity index (χ3v) is 5.30. The third-order valence-electron chi connectivity index (χ3n) is 3.47. The topological polar surface area (TPSA) is 63.4 Å². The molecule has 1 aromatic rings. The number of unbranched alkanes of at least 4 members (excludes halogenated alkanes) is 2. The predicted molar refractivity (Wildman–Crippen MR) is 79.7 cm³/mol. The molecule has 19 heavy (non-hydrogen) atoms. The zero-order valence-electron chi connectivity index (χ0n) is 12.2. The van der Waals surface area contributed by atoms with Crippen molar-refractivity contribution in [2.45, 2.75) is 44.9 Å². The predicted octanol–water partition coefficient (Wildman–Crippen LogP) is 2.70. The van der Waals surface area contributed by atoms with Gasteiger partial charge in [-0.05, 0) is 43.5 Å². The summed E-state index contributed by atoms with van der Waals surface area (Å²) in [6, 6.07) is 3.24. The smallest absolute Gasteiger partial charge is 0.242 e. The largest absolute Gasteiger partial charge is 0.398 e. The van der Waals surface area contributed by atoms with Crippen LogP contribution < -0.4 is 5.73 Å². The zero-order valence-corrected chi connectivity index (χ0v) is 13.0. The van der Waals surface area contributed by atoms with Gasteiger partial charge in [-0.2, -0.15) is 0 Å². The summed E-state index contributed by atoms with van der Waals surface area (Å²) < 4.78 is 26.2. The third kappa shape index (κ3) is 3.70. The minimum atomic E-state index is -3.43. The fourth-order valence-corrected chi connectivity index (χ4v) is 3.22. The van der Waals surface area contributed by atoms with Crippen molar-refractivity contribution in [3.63, 3.8) is 0 Å². The van der Waals surface area contributed by atoms with Crippen molar-refractivity contribution >= 4 is 15.7 Å². The Hall–Kier alpha value is -1.07. The average Bonchev–Trinajstić information content (AvgIpc) is 2.35. The van der Waals surface area contributed by atoms with Gasteiger partial charge in [-0.1, -0.05) is 19.8 Å². The van der Waals surface area contributed by atoms with Gasteiger partial charge in [0.1, 0.15) is 0 Å². The quantitative estimate of drug-likeness (QED) is 0.645. The molecule has 0 fully saturated rings. The van der Waals surface area contributed by atoms with E-state index in [1.807, 2.05) is 13.8 Å². The number of hydrogen-bond acceptors (Lipinski definition) is 3. The molecular weight excluding hydrogens is 260 g/mol. The van der Waals surface area contributed by atoms with E-state index in [0.717, 1.165) is 30.4 Å². The normalized spacial score (nSPS) is 12.1. The van der Waals surface area contributed by atoms with Crippen LogP contribution in [-0.2, 0) is 10.0 Å². The summed E-state index contributed by atoms with van der Waals surface area (Å²) in [7, 11) is -1.81. The Kier molecular flexibility index (Phi) is 5.38. The van der Waals surface area contributed by atoms with Crippen LogP contribution in [0.25, 0.3) is 0 Å². The monoisotopic (exact) mass is 284 g/mol. The maximum absolute atomic E-state index is 12.4. The summed E-state index contributed by atoms with van der Waals surface area (Å²) in [5, 5.41) is 0. The van der Waals surface area contributed by atoms with Crippen molar-refractivity contribution in [3.8, 4) is 0 Å². The molecule has 0 aliphatic heterocycles. The van der Waals surface area contributed by atoms with Gasteiger partial charge in [-0.15, -0.1) is 0 Å². The Morgan fingerprint density at radius 3 is 2.37 bits per heavy atom. The standard InChI is InChI=1S/C14H24N2O2S/c1-5-6-7-8-16(4)19(17,18)13-9-11(2)12(3)14(15)10-13/h9-10H,5-8,15H2,1-4H3. The molecule has 1 aromatic carbocycles. The maximum Gasteiger partial charge on any atom is 0.242 e. The van der Waals surface area contributed by atoms with E-state index in [4.69, 9.17) is 5.73 Å². The first-order valence-electron chi connectivity index (χ1n) is 6.63. The van der Waals surface area contributed by atoms with Crippen molar-refractivity contribution in [1.82, 2.24) is 4.31 Å². The highest BCUT2D eigenvalue weighted by Gasteiger charge is 2.21. The molecule has 0 heterocycles. The highest BCUT2D eigenvalue weighted by atomic mass is 32.2. The fourth-order valence-electron chi connectivity index (χ4n) is 1.89. The lowest BCUT2D eigenvalue weighted by Crippen LogP contribution is -2.28. The Morgan fingerprint density at radius 2 is 1.84 bits per heavy atom. The molecular formula is C14H24N2O2S. The van der Waals surface area contributed by atoms with Gasteiger partial charge in [0, 0.05) is 19.3 Å². The van der Waals surface area contributed by atoms with E-state index in [9.17, 15) is 8.42 Å². The number of nitrogen functional groups attached to an aromatic ring is 1. The number of anilines is 1. The van der Waals surface area contributed by atoms with Gasteiger partial charge in [-0.25, -0.2) is 12.7 Å². The first-order valence-corrected chi connectivity index (χ1v) is 8.07. The van der Waals surface area contributed by atoms with E-state index >= 15 is 0 Å². The molecule has 5 heteroatoms. The van der Waals surface area contributed by atoms with Crippen LogP contribution in [0.4, 0.5) is 5.69 Å². The van der Waals surface area contributed by atoms with Gasteiger partial charge < -0.3 is 5.73 Å². The minimum Gasteiger partial charge on any atom is -0.398 e. The summed E-state index contributed by atoms with van der Waals surface area (Å²) in [6.45, 7) is 6.41. The lowest BCUT2D eigenvalue weighted by molar-refractivity contribution is 0.454. The molecule has 1 rings (SSSR count). The summed E-state index contributed by atoms with van der Waals surface area (Å²) in [5.74, 6) is 0. The van der Waals surface area contributed by atoms with Crippen molar-refractivity contribution < 1.29 is 8.42 Å². The molecule has 0 atom stereocenters. The molecule has 0 aliphatic rings. The zero-order chi connectivity index (χ0) is 14.6. The van der Waals surface area contributed by atoms with Crippen LogP contribution in [0.5, 0.6) is 0 Å². The van der Waals surface area contributed by atoms with E-state index in [1.165, 1.54) is 4.31 Å². The first kappa shape index (κ1) is 16.0. The van der Waals surface area contributed by atoms with Crippen LogP contribution >= 0.6 is 0 Å². The van der Waals surface area contributed by atoms with Gasteiger partial charge in [0.15, 0.2) is 0 Å². The second-order valence-corrected chi connectivity index (χ2v) is 7.03. The van der Waals surface area contributed by atoms with Crippen molar-refractivity contribution in [2.24, 2.45) is 0 Å². The Balaban J connectivity index is 3.00. The summed E-state index contributed by atoms with van der Waals surface area (Å²) in [4.78, 5) is 0.284. The van der Waals surface area contributed by atoms with E-state index < -0.39 is 10.0 Å². The summed E-state index contributed by atoms with van der Waals surface area (Å²) in [6.07, 6.45) is 2.99. The fraction of sp³-hybridized carbons (Fsp3) is 0.571. The van der Waals surface area contributed by atoms with Crippen molar-refractivity contribution in [3.05, 3.63) is 23.3 Å². The second-order valence-electron chi connectivity index (χ2n) is 4.99. The van der Waals surface area contributed by atoms with Crippen molar-refractivity contribution in [1.29, 1.82) is 0 Å². The van der Waals surface area contributed by atoms with Crippen LogP contribution in [0.1, 0.15) is 37.3 Å². The lowest BCUT2D eigenvalue weighted by atomic mass is 10.1. The maximum atomic E-state index is 12.4. The molecule has 2 N–H and O–H groups in total. The van der Waals surface area contributed by atoms with Crippen LogP contribution in [0.2, 0.25) is 0 Å². The molecule has 108 valence electrons. The summed E-state index contributed by atoms with van der Waals surface area (Å²) in [5.41, 5.74) is 8.23. The average molecular weight is 284 g/mol. The molecule has 0 unspecified atom stereocenters. The van der Waals surface area contributed by atoms with Crippen LogP contribution in [0.3, 0.4) is 0 Å². The molecule has 0 saturated heterocycles. The molecule has 0 spiro atoms. The number of nitrogens with two attached hydrogens (primary N) is 1. The number of aryl methyl sites for hydroxylation is 1. The van der Waals surface area contributed by atoms with E-state index in [-0.39, 0.29) is 4.90 Å². The van der Waals surface area contributed by atoms with Crippen LogP contribution in [0, 0.1) is 13.8 Å². The molecule has 4 nitrogen and oxygen atoms in total. The Labute approximate surface area is 116 Å². The van der Waals surface area contributed by atoms with E-state index in [0.29, 0.717) is 12.2 Å². The van der Waals surface area contributed by atoms with Gasteiger partial charge >= 0.3 is 0 Å². The molecule has 0 aliphatic carbocycles. The number of hydrogen-bond donors (Lipinski definition) is 1. The van der Waals surface area contributed by atoms with Gasteiger partial charge in [0.2, 0.25) is 10.0 Å². The molecule has 0 aromatic heterocycles. The Bertz CT molecular complexity index is 515. The van der Waals surface area contributed by atoms with E-state index in [2.05, 4.69) is 6.92 Å². The first-order chi connectivity index (χ1) is 8.80. The van der Waals surface area contributed by atoms with Crippen LogP contribution in [0.15, 0.2) is 17.0 Å².